The minimum Gasteiger partial charge on any atom is -0.481 e. The lowest BCUT2D eigenvalue weighted by molar-refractivity contribution is 0.0815. The fraction of sp³-hybridized carbons (Fsp3) is 0.391. The molecule has 5 nitrogen and oxygen atoms in total. The Morgan fingerprint density at radius 2 is 1.78 bits per heavy atom. The molecule has 0 radical (unpaired) electrons. The average Bonchev–Trinajstić information content (AvgIpc) is 3.30. The van der Waals surface area contributed by atoms with Crippen molar-refractivity contribution in [1.82, 2.24) is 19.7 Å². The van der Waals surface area contributed by atoms with Crippen molar-refractivity contribution in [2.75, 3.05) is 24.6 Å². The summed E-state index contributed by atoms with van der Waals surface area (Å²) in [6, 6.07) is 8.73. The molecule has 2 heterocycles. The van der Waals surface area contributed by atoms with Crippen LogP contribution in [0.3, 0.4) is 0 Å². The number of thioether (sulfide) groups is 1. The van der Waals surface area contributed by atoms with Crippen molar-refractivity contribution < 1.29 is 9.13 Å². The van der Waals surface area contributed by atoms with Crippen LogP contribution in [0.4, 0.5) is 4.39 Å². The van der Waals surface area contributed by atoms with Gasteiger partial charge in [0.2, 0.25) is 0 Å². The maximum absolute atomic E-state index is 15.2. The largest absolute Gasteiger partial charge is 0.481 e. The Balaban J connectivity index is 1.49. The van der Waals surface area contributed by atoms with E-state index in [1.54, 1.807) is 12.1 Å². The predicted molar refractivity (Wildman–Crippen MR) is 127 cm³/mol. The molecule has 5 rings (SSSR count). The van der Waals surface area contributed by atoms with E-state index in [2.05, 4.69) is 15.1 Å². The van der Waals surface area contributed by atoms with Crippen LogP contribution in [0, 0.1) is 19.7 Å². The number of fused-ring (bicyclic) bond motifs is 1. The Labute approximate surface area is 200 Å². The molecule has 3 aromatic rings. The zero-order valence-corrected chi connectivity index (χ0v) is 20.1. The summed E-state index contributed by atoms with van der Waals surface area (Å²) >= 11 is 14.8. The summed E-state index contributed by atoms with van der Waals surface area (Å²) in [7, 11) is 0. The van der Waals surface area contributed by atoms with Gasteiger partial charge in [0, 0.05) is 46.3 Å². The van der Waals surface area contributed by atoms with Crippen molar-refractivity contribution in [2.45, 2.75) is 32.4 Å². The maximum Gasteiger partial charge on any atom is 0.167 e. The van der Waals surface area contributed by atoms with Gasteiger partial charge in [-0.15, -0.1) is 10.2 Å². The number of halogens is 3. The minimum atomic E-state index is -0.426. The van der Waals surface area contributed by atoms with Crippen LogP contribution in [0.25, 0.3) is 5.69 Å². The molecule has 1 aromatic heterocycles. The second-order valence-corrected chi connectivity index (χ2v) is 10.2. The topological polar surface area (TPSA) is 43.2 Å². The fourth-order valence-electron chi connectivity index (χ4n) is 4.69. The molecule has 0 N–H and O–H groups in total. The summed E-state index contributed by atoms with van der Waals surface area (Å²) in [6.45, 7) is 5.63. The van der Waals surface area contributed by atoms with Gasteiger partial charge in [0.25, 0.3) is 0 Å². The summed E-state index contributed by atoms with van der Waals surface area (Å²) < 4.78 is 23.4. The van der Waals surface area contributed by atoms with Crippen LogP contribution >= 0.6 is 35.0 Å². The van der Waals surface area contributed by atoms with Gasteiger partial charge in [0.1, 0.15) is 17.8 Å². The summed E-state index contributed by atoms with van der Waals surface area (Å²) in [6.07, 6.45) is 0.419. The van der Waals surface area contributed by atoms with Crippen molar-refractivity contribution in [2.24, 2.45) is 0 Å². The first kappa shape index (κ1) is 22.0. The van der Waals surface area contributed by atoms with Crippen molar-refractivity contribution in [3.05, 3.63) is 69.0 Å². The van der Waals surface area contributed by atoms with E-state index in [1.807, 2.05) is 42.3 Å². The standard InChI is InChI=1S/C23H23Cl2FN4OS/c1-13-27-28-14(2)30(13)16-3-4-22(20(26)11-16)31-23-18-9-15(24)10-19(25)17(18)12-21(23)29-5-7-32-8-6-29/h3-4,9-11,21,23H,5-8,12H2,1-2H3/t21-,23+/m0/s1. The van der Waals surface area contributed by atoms with Gasteiger partial charge in [-0.1, -0.05) is 23.2 Å². The molecular weight excluding hydrogens is 470 g/mol. The molecule has 1 saturated heterocycles. The van der Waals surface area contributed by atoms with Crippen LogP contribution in [-0.2, 0) is 6.42 Å². The molecule has 2 aromatic carbocycles. The first-order chi connectivity index (χ1) is 15.4. The Morgan fingerprint density at radius 1 is 1.06 bits per heavy atom. The molecule has 0 bridgehead atoms. The fourth-order valence-corrected chi connectivity index (χ4v) is 6.21. The summed E-state index contributed by atoms with van der Waals surface area (Å²) in [4.78, 5) is 2.43. The summed E-state index contributed by atoms with van der Waals surface area (Å²) in [5.41, 5.74) is 2.65. The lowest BCUT2D eigenvalue weighted by Crippen LogP contribution is -2.44. The van der Waals surface area contributed by atoms with E-state index < -0.39 is 5.82 Å². The van der Waals surface area contributed by atoms with Crippen LogP contribution in [0.2, 0.25) is 10.0 Å². The molecule has 2 atom stereocenters. The lowest BCUT2D eigenvalue weighted by Gasteiger charge is -2.35. The highest BCUT2D eigenvalue weighted by Crippen LogP contribution is 2.43. The Morgan fingerprint density at radius 3 is 2.47 bits per heavy atom. The van der Waals surface area contributed by atoms with Crippen molar-refractivity contribution in [3.63, 3.8) is 0 Å². The van der Waals surface area contributed by atoms with E-state index in [-0.39, 0.29) is 17.9 Å². The van der Waals surface area contributed by atoms with Crippen molar-refractivity contribution >= 4 is 35.0 Å². The monoisotopic (exact) mass is 492 g/mol. The van der Waals surface area contributed by atoms with Crippen molar-refractivity contribution in [1.29, 1.82) is 0 Å². The van der Waals surface area contributed by atoms with Crippen molar-refractivity contribution in [3.8, 4) is 11.4 Å². The number of rotatable bonds is 4. The molecular formula is C23H23Cl2FN4OS. The Kier molecular flexibility index (Phi) is 6.09. The predicted octanol–water partition coefficient (Wildman–Crippen LogP) is 5.42. The highest BCUT2D eigenvalue weighted by molar-refractivity contribution is 7.99. The number of ether oxygens (including phenoxy) is 1. The van der Waals surface area contributed by atoms with E-state index in [0.29, 0.717) is 27.4 Å². The number of benzene rings is 2. The smallest absolute Gasteiger partial charge is 0.167 e. The van der Waals surface area contributed by atoms with Crippen LogP contribution in [0.1, 0.15) is 28.9 Å². The molecule has 0 unspecified atom stereocenters. The molecule has 9 heteroatoms. The van der Waals surface area contributed by atoms with Crippen LogP contribution < -0.4 is 4.74 Å². The van der Waals surface area contributed by atoms with Gasteiger partial charge in [-0.3, -0.25) is 9.47 Å². The number of aromatic nitrogens is 3. The van der Waals surface area contributed by atoms with Gasteiger partial charge in [0.15, 0.2) is 11.6 Å². The lowest BCUT2D eigenvalue weighted by atomic mass is 10.1. The third-order valence-corrected chi connectivity index (χ3v) is 7.69. The van der Waals surface area contributed by atoms with E-state index in [4.69, 9.17) is 27.9 Å². The molecule has 168 valence electrons. The van der Waals surface area contributed by atoms with Gasteiger partial charge in [-0.05, 0) is 50.1 Å². The number of hydrogen-bond donors (Lipinski definition) is 0. The van der Waals surface area contributed by atoms with Gasteiger partial charge in [-0.25, -0.2) is 4.39 Å². The third kappa shape index (κ3) is 4.00. The summed E-state index contributed by atoms with van der Waals surface area (Å²) in [5, 5.41) is 9.32. The zero-order valence-electron chi connectivity index (χ0n) is 17.8. The molecule has 0 spiro atoms. The second-order valence-electron chi connectivity index (χ2n) is 8.16. The van der Waals surface area contributed by atoms with Crippen LogP contribution in [0.15, 0.2) is 30.3 Å². The van der Waals surface area contributed by atoms with E-state index in [0.717, 1.165) is 42.1 Å². The molecule has 0 saturated carbocycles. The van der Waals surface area contributed by atoms with E-state index >= 15 is 4.39 Å². The SMILES string of the molecule is Cc1nnc(C)n1-c1ccc(O[C@@H]2c3cc(Cl)cc(Cl)c3C[C@@H]2N2CCSCC2)c(F)c1. The normalized spacial score (nSPS) is 21.0. The molecule has 1 aliphatic carbocycles. The van der Waals surface area contributed by atoms with Crippen LogP contribution in [-0.4, -0.2) is 50.3 Å². The van der Waals surface area contributed by atoms with Crippen LogP contribution in [0.5, 0.6) is 5.75 Å². The van der Waals surface area contributed by atoms with Gasteiger partial charge in [0.05, 0.1) is 11.7 Å². The van der Waals surface area contributed by atoms with Gasteiger partial charge < -0.3 is 4.74 Å². The number of hydrogen-bond acceptors (Lipinski definition) is 5. The molecule has 1 aliphatic heterocycles. The molecule has 2 aliphatic rings. The van der Waals surface area contributed by atoms with Gasteiger partial charge >= 0.3 is 0 Å². The highest BCUT2D eigenvalue weighted by atomic mass is 35.5. The highest BCUT2D eigenvalue weighted by Gasteiger charge is 2.40. The molecule has 1 fully saturated rings. The quantitative estimate of drug-likeness (QED) is 0.486. The first-order valence-corrected chi connectivity index (χ1v) is 12.5. The maximum atomic E-state index is 15.2. The summed E-state index contributed by atoms with van der Waals surface area (Å²) in [5.74, 6) is 3.34. The average molecular weight is 493 g/mol. The minimum absolute atomic E-state index is 0.0864. The molecule has 32 heavy (non-hydrogen) atoms. The number of aryl methyl sites for hydroxylation is 2. The Bertz CT molecular complexity index is 1150. The van der Waals surface area contributed by atoms with E-state index in [1.165, 1.54) is 6.07 Å². The first-order valence-electron chi connectivity index (χ1n) is 10.6. The second kappa shape index (κ2) is 8.86. The van der Waals surface area contributed by atoms with Gasteiger partial charge in [-0.2, -0.15) is 11.8 Å². The number of nitrogens with zero attached hydrogens (tertiary/aromatic N) is 4. The Hall–Kier alpha value is -1.80. The van der Waals surface area contributed by atoms with E-state index in [9.17, 15) is 0 Å². The molecule has 0 amide bonds. The zero-order chi connectivity index (χ0) is 22.4. The third-order valence-electron chi connectivity index (χ3n) is 6.19.